The maximum Gasteiger partial charge on any atom is 0.159 e. The summed E-state index contributed by atoms with van der Waals surface area (Å²) in [4.78, 5) is 12.0. The van der Waals surface area contributed by atoms with Crippen LogP contribution >= 0.6 is 0 Å². The average molecular weight is 304 g/mol. The number of allylic oxidation sites excluding steroid dienone is 7. The summed E-state index contributed by atoms with van der Waals surface area (Å²) in [5, 5.41) is 8.79. The minimum absolute atomic E-state index is 0.101. The van der Waals surface area contributed by atoms with E-state index in [1.165, 1.54) is 11.1 Å². The zero-order valence-corrected chi connectivity index (χ0v) is 14.9. The van der Waals surface area contributed by atoms with Crippen molar-refractivity contribution in [1.82, 2.24) is 0 Å². The Morgan fingerprint density at radius 3 is 2.00 bits per heavy atom. The molecule has 0 aliphatic heterocycles. The Morgan fingerprint density at radius 1 is 0.818 bits per heavy atom. The van der Waals surface area contributed by atoms with Gasteiger partial charge >= 0.3 is 0 Å². The molecule has 0 aliphatic rings. The minimum Gasteiger partial charge on any atom is -0.392 e. The van der Waals surface area contributed by atoms with Crippen molar-refractivity contribution in [3.8, 4) is 0 Å². The zero-order valence-electron chi connectivity index (χ0n) is 14.9. The van der Waals surface area contributed by atoms with Gasteiger partial charge in [-0.25, -0.2) is 0 Å². The molecule has 0 amide bonds. The van der Waals surface area contributed by atoms with Crippen molar-refractivity contribution < 1.29 is 9.90 Å². The van der Waals surface area contributed by atoms with Crippen LogP contribution in [0.5, 0.6) is 0 Å². The molecule has 0 bridgehead atoms. The molecule has 0 rings (SSSR count). The van der Waals surface area contributed by atoms with Gasteiger partial charge in [0, 0.05) is 6.42 Å². The third-order valence-electron chi connectivity index (χ3n) is 3.42. The highest BCUT2D eigenvalue weighted by atomic mass is 16.2. The highest BCUT2D eigenvalue weighted by Gasteiger charge is 2.01. The zero-order chi connectivity index (χ0) is 17.0. The van der Waals surface area contributed by atoms with E-state index in [0.29, 0.717) is 6.42 Å². The third-order valence-corrected chi connectivity index (χ3v) is 3.42. The monoisotopic (exact) mass is 304 g/mol. The van der Waals surface area contributed by atoms with Crippen LogP contribution in [0.15, 0.2) is 46.6 Å². The fourth-order valence-electron chi connectivity index (χ4n) is 2.14. The van der Waals surface area contributed by atoms with Gasteiger partial charge in [-0.05, 0) is 66.4 Å². The number of aliphatic hydroxyl groups is 1. The molecule has 0 atom stereocenters. The van der Waals surface area contributed by atoms with Crippen LogP contribution in [0.4, 0.5) is 0 Å². The quantitative estimate of drug-likeness (QED) is 0.439. The minimum atomic E-state index is 0.101. The Bertz CT molecular complexity index is 458. The molecule has 0 aromatic rings. The van der Waals surface area contributed by atoms with E-state index in [0.717, 1.165) is 36.8 Å². The predicted octanol–water partition coefficient (Wildman–Crippen LogP) is 5.30. The van der Waals surface area contributed by atoms with Gasteiger partial charge in [-0.2, -0.15) is 0 Å². The molecular formula is C20H32O2. The second-order valence-corrected chi connectivity index (χ2v) is 6.28. The summed E-state index contributed by atoms with van der Waals surface area (Å²) in [6, 6.07) is 0. The molecule has 0 saturated carbocycles. The first-order valence-electron chi connectivity index (χ1n) is 8.10. The van der Waals surface area contributed by atoms with E-state index in [2.05, 4.69) is 26.0 Å². The molecule has 0 heterocycles. The van der Waals surface area contributed by atoms with E-state index in [-0.39, 0.29) is 12.4 Å². The van der Waals surface area contributed by atoms with E-state index in [1.807, 2.05) is 26.8 Å². The standard InChI is InChI=1S/C20H32O2/c1-16(2)8-6-10-18(4)14-20(22)15-19(5)11-7-9-17(3)12-13-21/h8,11-12,14,21H,6-7,9-10,13,15H2,1-5H3/b17-12+,18-14+,19-11+. The smallest absolute Gasteiger partial charge is 0.159 e. The van der Waals surface area contributed by atoms with Gasteiger partial charge < -0.3 is 5.11 Å². The lowest BCUT2D eigenvalue weighted by Gasteiger charge is -2.02. The third kappa shape index (κ3) is 12.3. The maximum atomic E-state index is 12.0. The van der Waals surface area contributed by atoms with Gasteiger partial charge in [0.25, 0.3) is 0 Å². The Labute approximate surface area is 136 Å². The lowest BCUT2D eigenvalue weighted by Crippen LogP contribution is -1.95. The van der Waals surface area contributed by atoms with E-state index < -0.39 is 0 Å². The molecular weight excluding hydrogens is 272 g/mol. The maximum absolute atomic E-state index is 12.0. The van der Waals surface area contributed by atoms with Crippen molar-refractivity contribution in [1.29, 1.82) is 0 Å². The van der Waals surface area contributed by atoms with Crippen LogP contribution in [0.3, 0.4) is 0 Å². The van der Waals surface area contributed by atoms with Crippen LogP contribution in [0, 0.1) is 0 Å². The highest BCUT2D eigenvalue weighted by molar-refractivity contribution is 5.91. The van der Waals surface area contributed by atoms with E-state index in [4.69, 9.17) is 5.11 Å². The van der Waals surface area contributed by atoms with Crippen LogP contribution in [-0.4, -0.2) is 17.5 Å². The predicted molar refractivity (Wildman–Crippen MR) is 95.9 cm³/mol. The Hall–Kier alpha value is -1.41. The van der Waals surface area contributed by atoms with Gasteiger partial charge in [0.1, 0.15) is 0 Å². The number of hydrogen-bond acceptors (Lipinski definition) is 2. The largest absolute Gasteiger partial charge is 0.392 e. The molecule has 0 aliphatic carbocycles. The van der Waals surface area contributed by atoms with Gasteiger partial charge in [-0.3, -0.25) is 4.79 Å². The highest BCUT2D eigenvalue weighted by Crippen LogP contribution is 2.11. The average Bonchev–Trinajstić information content (AvgIpc) is 2.37. The summed E-state index contributed by atoms with van der Waals surface area (Å²) >= 11 is 0. The number of hydrogen-bond donors (Lipinski definition) is 1. The second-order valence-electron chi connectivity index (χ2n) is 6.28. The number of carbonyl (C=O) groups is 1. The summed E-state index contributed by atoms with van der Waals surface area (Å²) in [7, 11) is 0. The lowest BCUT2D eigenvalue weighted by atomic mass is 10.0. The fraction of sp³-hybridized carbons (Fsp3) is 0.550. The van der Waals surface area contributed by atoms with Gasteiger partial charge in [0.15, 0.2) is 5.78 Å². The van der Waals surface area contributed by atoms with Crippen LogP contribution in [-0.2, 0) is 4.79 Å². The van der Waals surface area contributed by atoms with E-state index in [1.54, 1.807) is 6.08 Å². The molecule has 2 heteroatoms. The van der Waals surface area contributed by atoms with Crippen LogP contribution < -0.4 is 0 Å². The van der Waals surface area contributed by atoms with Gasteiger partial charge in [0.2, 0.25) is 0 Å². The van der Waals surface area contributed by atoms with E-state index >= 15 is 0 Å². The van der Waals surface area contributed by atoms with Gasteiger partial charge in [0.05, 0.1) is 6.61 Å². The summed E-state index contributed by atoms with van der Waals surface area (Å²) in [5.41, 5.74) is 4.78. The Morgan fingerprint density at radius 2 is 1.41 bits per heavy atom. The lowest BCUT2D eigenvalue weighted by molar-refractivity contribution is -0.114. The van der Waals surface area contributed by atoms with Gasteiger partial charge in [-0.15, -0.1) is 0 Å². The van der Waals surface area contributed by atoms with Crippen LogP contribution in [0.1, 0.15) is 66.7 Å². The molecule has 0 radical (unpaired) electrons. The molecule has 124 valence electrons. The number of rotatable bonds is 10. The van der Waals surface area contributed by atoms with Crippen molar-refractivity contribution in [2.75, 3.05) is 6.61 Å². The summed E-state index contributed by atoms with van der Waals surface area (Å²) in [6.07, 6.45) is 12.2. The Kier molecular flexibility index (Phi) is 11.4. The topological polar surface area (TPSA) is 37.3 Å². The fourth-order valence-corrected chi connectivity index (χ4v) is 2.14. The molecule has 0 saturated heterocycles. The van der Waals surface area contributed by atoms with Crippen molar-refractivity contribution >= 4 is 5.78 Å². The molecule has 0 aromatic carbocycles. The first-order chi connectivity index (χ1) is 10.3. The Balaban J connectivity index is 4.23. The molecule has 0 aromatic heterocycles. The molecule has 0 fully saturated rings. The van der Waals surface area contributed by atoms with Crippen molar-refractivity contribution in [3.05, 3.63) is 46.6 Å². The number of aliphatic hydroxyl groups excluding tert-OH is 1. The normalized spacial score (nSPS) is 13.3. The van der Waals surface area contributed by atoms with Crippen molar-refractivity contribution in [2.45, 2.75) is 66.7 Å². The number of ketones is 1. The van der Waals surface area contributed by atoms with Crippen molar-refractivity contribution in [2.24, 2.45) is 0 Å². The molecule has 0 unspecified atom stereocenters. The molecule has 2 nitrogen and oxygen atoms in total. The first-order valence-corrected chi connectivity index (χ1v) is 8.10. The summed E-state index contributed by atoms with van der Waals surface area (Å²) in [6.45, 7) is 10.3. The van der Waals surface area contributed by atoms with Crippen LogP contribution in [0.25, 0.3) is 0 Å². The van der Waals surface area contributed by atoms with Gasteiger partial charge in [-0.1, -0.05) is 40.5 Å². The molecule has 22 heavy (non-hydrogen) atoms. The molecule has 0 spiro atoms. The van der Waals surface area contributed by atoms with Crippen LogP contribution in [0.2, 0.25) is 0 Å². The number of carbonyl (C=O) groups excluding carboxylic acids is 1. The second kappa shape index (κ2) is 12.2. The van der Waals surface area contributed by atoms with Crippen molar-refractivity contribution in [3.63, 3.8) is 0 Å². The van der Waals surface area contributed by atoms with E-state index in [9.17, 15) is 4.79 Å². The first kappa shape index (κ1) is 20.6. The summed E-state index contributed by atoms with van der Waals surface area (Å²) < 4.78 is 0. The summed E-state index contributed by atoms with van der Waals surface area (Å²) in [5.74, 6) is 0.186. The molecule has 1 N–H and O–H groups in total. The SMILES string of the molecule is CC(C)=CCC/C(C)=C/C(=O)C/C(C)=C/CC/C(C)=C/CO.